The minimum absolute atomic E-state index is 0.184. The number of anilines is 3. The highest BCUT2D eigenvalue weighted by Gasteiger charge is 2.29. The molecule has 0 saturated carbocycles. The van der Waals surface area contributed by atoms with E-state index in [9.17, 15) is 5.11 Å². The van der Waals surface area contributed by atoms with Gasteiger partial charge < -0.3 is 9.52 Å². The maximum absolute atomic E-state index is 12.2. The number of benzene rings is 5. The summed E-state index contributed by atoms with van der Waals surface area (Å²) in [6.07, 6.45) is 1.83. The van der Waals surface area contributed by atoms with Crippen molar-refractivity contribution in [3.8, 4) is 28.4 Å². The van der Waals surface area contributed by atoms with Gasteiger partial charge in [-0.1, -0.05) is 108 Å². The van der Waals surface area contributed by atoms with Gasteiger partial charge >= 0.3 is 0 Å². The third kappa shape index (κ3) is 6.06. The highest BCUT2D eigenvalue weighted by atomic mass is 16.3. The standard InChI is InChI=1S/C48H46N4O2/c1-28-22-29(2)43(30(3)23-28)52(40-20-14-15-21-49-40)33-24-31-16-10-11-17-34(31)36(27-33)46-50-41-35-18-12-13-19-39(35)54-45(41)42(51-46)37-25-32(47(4,5)6)26-38(44(37)53)48(7,8)9/h10-27,53H,1-9H3. The van der Waals surface area contributed by atoms with Crippen molar-refractivity contribution in [1.29, 1.82) is 0 Å². The van der Waals surface area contributed by atoms with Crippen LogP contribution in [0.15, 0.2) is 114 Å². The van der Waals surface area contributed by atoms with E-state index >= 15 is 0 Å². The normalized spacial score (nSPS) is 12.2. The predicted molar refractivity (Wildman–Crippen MR) is 223 cm³/mol. The second-order valence-electron chi connectivity index (χ2n) is 16.6. The van der Waals surface area contributed by atoms with Crippen LogP contribution in [0.5, 0.6) is 5.75 Å². The topological polar surface area (TPSA) is 75.3 Å². The molecule has 5 aromatic carbocycles. The van der Waals surface area contributed by atoms with Crippen LogP contribution in [0.25, 0.3) is 55.5 Å². The van der Waals surface area contributed by atoms with Gasteiger partial charge in [-0.25, -0.2) is 15.0 Å². The molecule has 0 aliphatic heterocycles. The van der Waals surface area contributed by atoms with E-state index in [2.05, 4.69) is 128 Å². The number of fused-ring (bicyclic) bond motifs is 4. The second-order valence-corrected chi connectivity index (χ2v) is 16.6. The molecule has 8 aromatic rings. The number of aryl methyl sites for hydroxylation is 3. The zero-order valence-corrected chi connectivity index (χ0v) is 32.5. The van der Waals surface area contributed by atoms with Gasteiger partial charge in [0.1, 0.15) is 28.4 Å². The Balaban J connectivity index is 1.48. The Bertz CT molecular complexity index is 2710. The van der Waals surface area contributed by atoms with Gasteiger partial charge in [-0.2, -0.15) is 0 Å². The Hall–Kier alpha value is -6.01. The van der Waals surface area contributed by atoms with Crippen LogP contribution in [0, 0.1) is 20.8 Å². The molecular formula is C48H46N4O2. The van der Waals surface area contributed by atoms with Crippen LogP contribution in [0.1, 0.15) is 69.4 Å². The second kappa shape index (κ2) is 12.8. The molecule has 0 radical (unpaired) electrons. The molecule has 0 fully saturated rings. The van der Waals surface area contributed by atoms with Crippen LogP contribution in [0.2, 0.25) is 0 Å². The van der Waals surface area contributed by atoms with Crippen LogP contribution < -0.4 is 4.90 Å². The Morgan fingerprint density at radius 2 is 1.35 bits per heavy atom. The molecule has 0 bridgehead atoms. The van der Waals surface area contributed by atoms with Crippen molar-refractivity contribution in [2.24, 2.45) is 0 Å². The Morgan fingerprint density at radius 3 is 2.04 bits per heavy atom. The minimum atomic E-state index is -0.325. The van der Waals surface area contributed by atoms with Crippen LogP contribution >= 0.6 is 0 Å². The lowest BCUT2D eigenvalue weighted by Gasteiger charge is -2.29. The highest BCUT2D eigenvalue weighted by molar-refractivity contribution is 6.09. The largest absolute Gasteiger partial charge is 0.507 e. The van der Waals surface area contributed by atoms with Crippen molar-refractivity contribution in [3.63, 3.8) is 0 Å². The summed E-state index contributed by atoms with van der Waals surface area (Å²) in [5, 5.41) is 15.1. The number of nitrogens with zero attached hydrogens (tertiary/aromatic N) is 4. The maximum atomic E-state index is 12.2. The number of aromatic nitrogens is 3. The lowest BCUT2D eigenvalue weighted by molar-refractivity contribution is 0.446. The molecule has 1 N–H and O–H groups in total. The fourth-order valence-corrected chi connectivity index (χ4v) is 7.71. The van der Waals surface area contributed by atoms with E-state index in [1.165, 1.54) is 5.56 Å². The molecule has 0 aliphatic rings. The summed E-state index contributed by atoms with van der Waals surface area (Å²) in [4.78, 5) is 17.8. The van der Waals surface area contributed by atoms with Gasteiger partial charge in [-0.05, 0) is 102 Å². The van der Waals surface area contributed by atoms with Gasteiger partial charge in [-0.3, -0.25) is 4.90 Å². The highest BCUT2D eigenvalue weighted by Crippen LogP contribution is 2.46. The van der Waals surface area contributed by atoms with Crippen molar-refractivity contribution < 1.29 is 9.52 Å². The van der Waals surface area contributed by atoms with Crippen molar-refractivity contribution in [2.45, 2.75) is 73.1 Å². The van der Waals surface area contributed by atoms with E-state index in [4.69, 9.17) is 19.4 Å². The monoisotopic (exact) mass is 710 g/mol. The van der Waals surface area contributed by atoms with E-state index < -0.39 is 0 Å². The van der Waals surface area contributed by atoms with E-state index in [0.29, 0.717) is 33.8 Å². The number of phenolic OH excluding ortho intramolecular Hbond substituents is 1. The summed E-state index contributed by atoms with van der Waals surface area (Å²) >= 11 is 0. The summed E-state index contributed by atoms with van der Waals surface area (Å²) in [6, 6.07) is 35.4. The van der Waals surface area contributed by atoms with E-state index in [1.807, 2.05) is 48.7 Å². The third-order valence-corrected chi connectivity index (χ3v) is 10.3. The number of pyridine rings is 1. The number of hydrogen-bond acceptors (Lipinski definition) is 6. The number of para-hydroxylation sites is 1. The van der Waals surface area contributed by atoms with Gasteiger partial charge in [0.2, 0.25) is 0 Å². The van der Waals surface area contributed by atoms with Crippen LogP contribution in [-0.2, 0) is 10.8 Å². The lowest BCUT2D eigenvalue weighted by Crippen LogP contribution is -2.17. The summed E-state index contributed by atoms with van der Waals surface area (Å²) in [5.41, 5.74) is 11.0. The SMILES string of the molecule is Cc1cc(C)c(N(c2cc(-c3nc(-c4cc(C(C)(C)C)cc(C(C)(C)C)c4O)c4oc5ccccc5c4n3)c3ccccc3c2)c2ccccn2)c(C)c1. The molecule has 3 heterocycles. The summed E-state index contributed by atoms with van der Waals surface area (Å²) < 4.78 is 6.58. The maximum Gasteiger partial charge on any atom is 0.180 e. The molecule has 3 aromatic heterocycles. The molecule has 54 heavy (non-hydrogen) atoms. The Kier molecular flexibility index (Phi) is 8.33. The predicted octanol–water partition coefficient (Wildman–Crippen LogP) is 13.0. The molecule has 0 amide bonds. The Labute approximate surface area is 317 Å². The van der Waals surface area contributed by atoms with Gasteiger partial charge in [0.25, 0.3) is 0 Å². The number of furan rings is 1. The molecular weight excluding hydrogens is 665 g/mol. The van der Waals surface area contributed by atoms with E-state index in [-0.39, 0.29) is 16.6 Å². The van der Waals surface area contributed by atoms with Gasteiger partial charge in [-0.15, -0.1) is 0 Å². The van der Waals surface area contributed by atoms with Crippen molar-refractivity contribution >= 4 is 50.0 Å². The van der Waals surface area contributed by atoms with Crippen LogP contribution in [-0.4, -0.2) is 20.1 Å². The quantitative estimate of drug-likeness (QED) is 0.192. The van der Waals surface area contributed by atoms with Crippen molar-refractivity contribution in [3.05, 3.63) is 137 Å². The van der Waals surface area contributed by atoms with Crippen molar-refractivity contribution in [2.75, 3.05) is 4.90 Å². The summed E-state index contributed by atoms with van der Waals surface area (Å²) in [7, 11) is 0. The zero-order valence-electron chi connectivity index (χ0n) is 32.5. The van der Waals surface area contributed by atoms with E-state index in [1.54, 1.807) is 0 Å². The average molecular weight is 711 g/mol. The average Bonchev–Trinajstić information content (AvgIpc) is 3.50. The fraction of sp³-hybridized carbons (Fsp3) is 0.229. The first-order valence-corrected chi connectivity index (χ1v) is 18.6. The first-order valence-electron chi connectivity index (χ1n) is 18.6. The zero-order chi connectivity index (χ0) is 38.1. The van der Waals surface area contributed by atoms with Gasteiger partial charge in [0.05, 0.1) is 5.69 Å². The number of hydrogen-bond donors (Lipinski definition) is 1. The summed E-state index contributed by atoms with van der Waals surface area (Å²) in [6.45, 7) is 19.4. The summed E-state index contributed by atoms with van der Waals surface area (Å²) in [5.74, 6) is 1.55. The van der Waals surface area contributed by atoms with Gasteiger partial charge in [0.15, 0.2) is 11.4 Å². The smallest absolute Gasteiger partial charge is 0.180 e. The number of aromatic hydroxyl groups is 1. The third-order valence-electron chi connectivity index (χ3n) is 10.3. The molecule has 0 saturated heterocycles. The van der Waals surface area contributed by atoms with Crippen molar-refractivity contribution in [1.82, 2.24) is 15.0 Å². The molecule has 270 valence electrons. The Morgan fingerprint density at radius 1 is 0.667 bits per heavy atom. The lowest BCUT2D eigenvalue weighted by atomic mass is 9.78. The first kappa shape index (κ1) is 35.0. The molecule has 0 spiro atoms. The number of rotatable bonds is 5. The minimum Gasteiger partial charge on any atom is -0.507 e. The van der Waals surface area contributed by atoms with Gasteiger partial charge in [0, 0.05) is 34.0 Å². The molecule has 8 rings (SSSR count). The van der Waals surface area contributed by atoms with Crippen LogP contribution in [0.4, 0.5) is 17.2 Å². The molecule has 0 aliphatic carbocycles. The fourth-order valence-electron chi connectivity index (χ4n) is 7.71. The molecule has 6 nitrogen and oxygen atoms in total. The van der Waals surface area contributed by atoms with E-state index in [0.717, 1.165) is 61.2 Å². The molecule has 0 unspecified atom stereocenters. The van der Waals surface area contributed by atoms with Crippen LogP contribution in [0.3, 0.4) is 0 Å². The number of phenols is 1. The molecule has 6 heteroatoms. The first-order chi connectivity index (χ1) is 25.7. The molecule has 0 atom stereocenters.